The van der Waals surface area contributed by atoms with Crippen LogP contribution in [0.5, 0.6) is 0 Å². The summed E-state index contributed by atoms with van der Waals surface area (Å²) in [6.45, 7) is 2.46. The third-order valence-electron chi connectivity index (χ3n) is 1.96. The minimum absolute atomic E-state index is 0.450. The highest BCUT2D eigenvalue weighted by atomic mass is 32.1. The molecule has 0 fully saturated rings. The minimum Gasteiger partial charge on any atom is -0.300 e. The number of fused-ring (bicyclic) bond motifs is 1. The summed E-state index contributed by atoms with van der Waals surface area (Å²) >= 11 is 1.52. The fraction of sp³-hybridized carbons (Fsp3) is 0.222. The van der Waals surface area contributed by atoms with E-state index < -0.39 is 0 Å². The van der Waals surface area contributed by atoms with Crippen LogP contribution in [0, 0.1) is 6.92 Å². The first-order valence-electron chi connectivity index (χ1n) is 3.98. The van der Waals surface area contributed by atoms with E-state index in [-0.39, 0.29) is 0 Å². The van der Waals surface area contributed by atoms with Gasteiger partial charge in [0, 0.05) is 5.39 Å². The van der Waals surface area contributed by atoms with Crippen molar-refractivity contribution < 1.29 is 4.84 Å². The van der Waals surface area contributed by atoms with E-state index in [2.05, 4.69) is 15.3 Å². The molecule has 0 aliphatic carbocycles. The van der Waals surface area contributed by atoms with E-state index in [4.69, 9.17) is 5.90 Å². The van der Waals surface area contributed by atoms with Gasteiger partial charge in [0.25, 0.3) is 0 Å². The molecule has 68 valence electrons. The van der Waals surface area contributed by atoms with Crippen molar-refractivity contribution in [2.45, 2.75) is 13.5 Å². The quantitative estimate of drug-likeness (QED) is 0.744. The smallest absolute Gasteiger partial charge is 0.0930 e. The van der Waals surface area contributed by atoms with Crippen LogP contribution >= 0.6 is 11.5 Å². The highest BCUT2D eigenvalue weighted by Gasteiger charge is 2.02. The number of hydrogen-bond acceptors (Lipinski definition) is 4. The van der Waals surface area contributed by atoms with Crippen LogP contribution in [0.15, 0.2) is 18.2 Å². The minimum atomic E-state index is 0.450. The second kappa shape index (κ2) is 3.41. The molecule has 0 atom stereocenters. The third kappa shape index (κ3) is 1.56. The Hall–Kier alpha value is -0.970. The van der Waals surface area contributed by atoms with Gasteiger partial charge in [0.2, 0.25) is 0 Å². The molecule has 1 aromatic heterocycles. The first kappa shape index (κ1) is 8.62. The largest absolute Gasteiger partial charge is 0.300 e. The number of aryl methyl sites for hydroxylation is 1. The van der Waals surface area contributed by atoms with Gasteiger partial charge in [0.1, 0.15) is 0 Å². The summed E-state index contributed by atoms with van der Waals surface area (Å²) in [6, 6.07) is 6.13. The molecule has 2 aromatic rings. The summed E-state index contributed by atoms with van der Waals surface area (Å²) in [5, 5.41) is 1.19. The van der Waals surface area contributed by atoms with Gasteiger partial charge < -0.3 is 0 Å². The summed E-state index contributed by atoms with van der Waals surface area (Å²) in [4.78, 5) is 4.58. The Morgan fingerprint density at radius 1 is 1.54 bits per heavy atom. The maximum Gasteiger partial charge on any atom is 0.0930 e. The Balaban J connectivity index is 2.53. The Bertz CT molecular complexity index is 424. The monoisotopic (exact) mass is 194 g/mol. The Kier molecular flexibility index (Phi) is 2.26. The Morgan fingerprint density at radius 3 is 3.15 bits per heavy atom. The maximum absolute atomic E-state index is 5.00. The molecule has 0 aliphatic rings. The van der Waals surface area contributed by atoms with E-state index in [9.17, 15) is 0 Å². The first-order valence-corrected chi connectivity index (χ1v) is 4.75. The van der Waals surface area contributed by atoms with Gasteiger partial charge in [-0.1, -0.05) is 6.07 Å². The zero-order chi connectivity index (χ0) is 9.26. The molecule has 1 heterocycles. The van der Waals surface area contributed by atoms with Crippen molar-refractivity contribution in [3.8, 4) is 0 Å². The molecule has 0 saturated carbocycles. The van der Waals surface area contributed by atoms with Gasteiger partial charge in [0.05, 0.1) is 17.0 Å². The van der Waals surface area contributed by atoms with Gasteiger partial charge in [0.15, 0.2) is 0 Å². The van der Waals surface area contributed by atoms with Crippen LogP contribution in [-0.4, -0.2) is 4.37 Å². The number of aromatic nitrogens is 1. The molecule has 0 unspecified atom stereocenters. The molecule has 0 aliphatic heterocycles. The average Bonchev–Trinajstić information content (AvgIpc) is 2.49. The molecule has 2 rings (SSSR count). The zero-order valence-corrected chi connectivity index (χ0v) is 8.10. The van der Waals surface area contributed by atoms with Crippen LogP contribution in [0.1, 0.15) is 11.3 Å². The maximum atomic E-state index is 5.00. The molecular formula is C9H10N2OS. The molecule has 0 saturated heterocycles. The van der Waals surface area contributed by atoms with Crippen molar-refractivity contribution in [1.29, 1.82) is 0 Å². The molecule has 3 nitrogen and oxygen atoms in total. The van der Waals surface area contributed by atoms with E-state index >= 15 is 0 Å². The summed E-state index contributed by atoms with van der Waals surface area (Å²) in [6.07, 6.45) is 0. The lowest BCUT2D eigenvalue weighted by Gasteiger charge is -1.98. The van der Waals surface area contributed by atoms with Crippen molar-refractivity contribution in [3.05, 3.63) is 29.5 Å². The van der Waals surface area contributed by atoms with Gasteiger partial charge in [-0.25, -0.2) is 5.90 Å². The fourth-order valence-electron chi connectivity index (χ4n) is 1.29. The van der Waals surface area contributed by atoms with Gasteiger partial charge in [-0.15, -0.1) is 0 Å². The summed E-state index contributed by atoms with van der Waals surface area (Å²) in [5.41, 5.74) is 2.15. The predicted molar refractivity (Wildman–Crippen MR) is 53.3 cm³/mol. The van der Waals surface area contributed by atoms with Crippen molar-refractivity contribution in [2.24, 2.45) is 5.90 Å². The van der Waals surface area contributed by atoms with Crippen molar-refractivity contribution in [2.75, 3.05) is 0 Å². The van der Waals surface area contributed by atoms with Crippen molar-refractivity contribution in [1.82, 2.24) is 4.37 Å². The molecule has 0 amide bonds. The summed E-state index contributed by atoms with van der Waals surface area (Å²) in [7, 11) is 0. The second-order valence-corrected chi connectivity index (χ2v) is 3.71. The van der Waals surface area contributed by atoms with Gasteiger partial charge in [-0.2, -0.15) is 4.37 Å². The van der Waals surface area contributed by atoms with E-state index in [1.54, 1.807) is 0 Å². The Morgan fingerprint density at radius 2 is 2.38 bits per heavy atom. The lowest BCUT2D eigenvalue weighted by molar-refractivity contribution is 0.124. The predicted octanol–water partition coefficient (Wildman–Crippen LogP) is 2.00. The standard InChI is InChI=1S/C9H10N2OS/c1-6-8-4-7(5-12-10)2-3-9(8)13-11-6/h2-4H,5,10H2,1H3. The van der Waals surface area contributed by atoms with Gasteiger partial charge in [-0.3, -0.25) is 4.84 Å². The SMILES string of the molecule is Cc1nsc2ccc(CON)cc12. The summed E-state index contributed by atoms with van der Waals surface area (Å²) < 4.78 is 5.47. The van der Waals surface area contributed by atoms with Crippen LogP contribution in [-0.2, 0) is 11.4 Å². The van der Waals surface area contributed by atoms with Crippen LogP contribution in [0.25, 0.3) is 10.1 Å². The first-order chi connectivity index (χ1) is 6.31. The molecule has 1 aromatic carbocycles. The van der Waals surface area contributed by atoms with Gasteiger partial charge in [-0.05, 0) is 36.2 Å². The van der Waals surface area contributed by atoms with Crippen LogP contribution in [0.3, 0.4) is 0 Å². The second-order valence-electron chi connectivity index (χ2n) is 2.91. The molecule has 0 bridgehead atoms. The zero-order valence-electron chi connectivity index (χ0n) is 7.28. The van der Waals surface area contributed by atoms with E-state index in [1.807, 2.05) is 19.1 Å². The Labute approximate surface area is 80.3 Å². The number of benzene rings is 1. The summed E-state index contributed by atoms with van der Waals surface area (Å²) in [5.74, 6) is 5.00. The number of hydrogen-bond donors (Lipinski definition) is 1. The van der Waals surface area contributed by atoms with E-state index in [1.165, 1.54) is 21.6 Å². The number of nitrogens with two attached hydrogens (primary N) is 1. The average molecular weight is 194 g/mol. The van der Waals surface area contributed by atoms with Gasteiger partial charge >= 0.3 is 0 Å². The fourth-order valence-corrected chi connectivity index (χ4v) is 2.06. The number of rotatable bonds is 2. The van der Waals surface area contributed by atoms with E-state index in [0.717, 1.165) is 11.3 Å². The highest BCUT2D eigenvalue weighted by molar-refractivity contribution is 7.13. The lowest BCUT2D eigenvalue weighted by Crippen LogP contribution is -1.98. The highest BCUT2D eigenvalue weighted by Crippen LogP contribution is 2.23. The normalized spacial score (nSPS) is 10.9. The molecular weight excluding hydrogens is 184 g/mol. The number of nitrogens with zero attached hydrogens (tertiary/aromatic N) is 1. The lowest BCUT2D eigenvalue weighted by atomic mass is 10.1. The molecule has 0 spiro atoms. The molecule has 13 heavy (non-hydrogen) atoms. The van der Waals surface area contributed by atoms with Crippen LogP contribution < -0.4 is 5.90 Å². The molecule has 0 radical (unpaired) electrons. The van der Waals surface area contributed by atoms with Crippen LogP contribution in [0.2, 0.25) is 0 Å². The topological polar surface area (TPSA) is 48.1 Å². The third-order valence-corrected chi connectivity index (χ3v) is 2.88. The van der Waals surface area contributed by atoms with E-state index in [0.29, 0.717) is 6.61 Å². The molecule has 4 heteroatoms. The van der Waals surface area contributed by atoms with Crippen LogP contribution in [0.4, 0.5) is 0 Å². The van der Waals surface area contributed by atoms with Crippen molar-refractivity contribution in [3.63, 3.8) is 0 Å². The van der Waals surface area contributed by atoms with Crippen molar-refractivity contribution >= 4 is 21.6 Å². The molecule has 2 N–H and O–H groups in total.